The fraction of sp³-hybridized carbons (Fsp3) is 0.250. The average molecular weight is 336 g/mol. The number of hydrogen-bond donors (Lipinski definition) is 1. The minimum absolute atomic E-state index is 0.539. The Bertz CT molecular complexity index is 753. The Labute approximate surface area is 121 Å². The summed E-state index contributed by atoms with van der Waals surface area (Å²) in [6, 6.07) is 5.81. The van der Waals surface area contributed by atoms with Crippen molar-refractivity contribution in [3.05, 3.63) is 28.5 Å². The van der Waals surface area contributed by atoms with E-state index in [1.807, 2.05) is 22.7 Å². The third-order valence-electron chi connectivity index (χ3n) is 3.12. The number of anilines is 1. The lowest BCUT2D eigenvalue weighted by Crippen LogP contribution is -1.93. The Morgan fingerprint density at radius 1 is 1.26 bits per heavy atom. The first kappa shape index (κ1) is 11.4. The summed E-state index contributed by atoms with van der Waals surface area (Å²) < 4.78 is 2.82. The topological polar surface area (TPSA) is 69.1 Å². The standard InChI is InChI=1S/C12H10BrN5S/c13-8-3-7(4-9(14)5-8)11-17-18-10(6-1-2-6)15-16-12(18)19-11/h3-6H,1-2,14H2. The van der Waals surface area contributed by atoms with Crippen LogP contribution in [0, 0.1) is 0 Å². The van der Waals surface area contributed by atoms with Gasteiger partial charge >= 0.3 is 0 Å². The van der Waals surface area contributed by atoms with Crippen LogP contribution in [0.5, 0.6) is 0 Å². The van der Waals surface area contributed by atoms with E-state index in [0.29, 0.717) is 5.92 Å². The molecule has 19 heavy (non-hydrogen) atoms. The molecule has 0 amide bonds. The highest BCUT2D eigenvalue weighted by Crippen LogP contribution is 2.40. The average Bonchev–Trinajstić information content (AvgIpc) is 2.98. The number of halogens is 1. The van der Waals surface area contributed by atoms with Gasteiger partial charge in [0.1, 0.15) is 5.01 Å². The number of fused-ring (bicyclic) bond motifs is 1. The van der Waals surface area contributed by atoms with Crippen LogP contribution in [-0.4, -0.2) is 19.8 Å². The van der Waals surface area contributed by atoms with E-state index in [1.54, 1.807) is 0 Å². The zero-order valence-electron chi connectivity index (χ0n) is 9.88. The molecular formula is C12H10BrN5S. The first-order valence-corrected chi connectivity index (χ1v) is 7.60. The molecule has 1 aromatic carbocycles. The predicted molar refractivity (Wildman–Crippen MR) is 78.2 cm³/mol. The molecular weight excluding hydrogens is 326 g/mol. The van der Waals surface area contributed by atoms with Crippen molar-refractivity contribution in [1.82, 2.24) is 19.8 Å². The molecule has 0 saturated heterocycles. The molecule has 0 aliphatic heterocycles. The van der Waals surface area contributed by atoms with Crippen molar-refractivity contribution >= 4 is 37.9 Å². The van der Waals surface area contributed by atoms with Gasteiger partial charge in [-0.2, -0.15) is 9.61 Å². The first-order valence-electron chi connectivity index (χ1n) is 5.99. The van der Waals surface area contributed by atoms with Gasteiger partial charge in [-0.1, -0.05) is 27.3 Å². The van der Waals surface area contributed by atoms with Crippen LogP contribution in [0.15, 0.2) is 22.7 Å². The third kappa shape index (κ3) is 1.93. The number of benzene rings is 1. The van der Waals surface area contributed by atoms with Gasteiger partial charge in [0.05, 0.1) is 0 Å². The molecule has 1 saturated carbocycles. The molecule has 0 unspecified atom stereocenters. The van der Waals surface area contributed by atoms with Crippen molar-refractivity contribution in [1.29, 1.82) is 0 Å². The number of nitrogens with two attached hydrogens (primary N) is 1. The Balaban J connectivity index is 1.86. The molecule has 5 nitrogen and oxygen atoms in total. The maximum atomic E-state index is 5.87. The van der Waals surface area contributed by atoms with Gasteiger partial charge in [-0.25, -0.2) is 0 Å². The van der Waals surface area contributed by atoms with Crippen molar-refractivity contribution < 1.29 is 0 Å². The van der Waals surface area contributed by atoms with E-state index >= 15 is 0 Å². The van der Waals surface area contributed by atoms with E-state index in [9.17, 15) is 0 Å². The first-order chi connectivity index (χ1) is 9.20. The van der Waals surface area contributed by atoms with Gasteiger partial charge in [0, 0.05) is 21.6 Å². The molecule has 7 heteroatoms. The summed E-state index contributed by atoms with van der Waals surface area (Å²) >= 11 is 4.99. The second-order valence-electron chi connectivity index (χ2n) is 4.71. The molecule has 2 aromatic heterocycles. The van der Waals surface area contributed by atoms with Gasteiger partial charge in [0.15, 0.2) is 5.82 Å². The van der Waals surface area contributed by atoms with Crippen LogP contribution in [-0.2, 0) is 0 Å². The summed E-state index contributed by atoms with van der Waals surface area (Å²) in [6.45, 7) is 0. The molecule has 2 heterocycles. The quantitative estimate of drug-likeness (QED) is 0.730. The molecule has 96 valence electrons. The molecule has 4 rings (SSSR count). The van der Waals surface area contributed by atoms with E-state index in [-0.39, 0.29) is 0 Å². The predicted octanol–water partition coefficient (Wildman–Crippen LogP) is 3.07. The second kappa shape index (κ2) is 4.01. The van der Waals surface area contributed by atoms with Gasteiger partial charge < -0.3 is 5.73 Å². The summed E-state index contributed by atoms with van der Waals surface area (Å²) in [7, 11) is 0. The molecule has 1 fully saturated rings. The minimum atomic E-state index is 0.539. The maximum Gasteiger partial charge on any atom is 0.234 e. The Kier molecular flexibility index (Phi) is 2.40. The van der Waals surface area contributed by atoms with E-state index < -0.39 is 0 Å². The Morgan fingerprint density at radius 3 is 2.84 bits per heavy atom. The van der Waals surface area contributed by atoms with Crippen molar-refractivity contribution in [3.8, 4) is 10.6 Å². The molecule has 0 spiro atoms. The van der Waals surface area contributed by atoms with Gasteiger partial charge in [0.25, 0.3) is 0 Å². The van der Waals surface area contributed by atoms with Gasteiger partial charge in [0.2, 0.25) is 4.96 Å². The molecule has 0 bridgehead atoms. The highest BCUT2D eigenvalue weighted by atomic mass is 79.9. The lowest BCUT2D eigenvalue weighted by atomic mass is 10.2. The fourth-order valence-corrected chi connectivity index (χ4v) is 3.43. The number of hydrogen-bond acceptors (Lipinski definition) is 5. The summed E-state index contributed by atoms with van der Waals surface area (Å²) in [5, 5.41) is 13.9. The number of nitrogens with zero attached hydrogens (tertiary/aromatic N) is 4. The molecule has 1 aliphatic rings. The van der Waals surface area contributed by atoms with Crippen LogP contribution in [0.2, 0.25) is 0 Å². The highest BCUT2D eigenvalue weighted by molar-refractivity contribution is 9.10. The number of aromatic nitrogens is 4. The lowest BCUT2D eigenvalue weighted by Gasteiger charge is -1.99. The van der Waals surface area contributed by atoms with Crippen LogP contribution in [0.3, 0.4) is 0 Å². The molecule has 3 aromatic rings. The van der Waals surface area contributed by atoms with E-state index in [4.69, 9.17) is 5.73 Å². The van der Waals surface area contributed by atoms with Crippen molar-refractivity contribution in [2.45, 2.75) is 18.8 Å². The monoisotopic (exact) mass is 335 g/mol. The largest absolute Gasteiger partial charge is 0.399 e. The van der Waals surface area contributed by atoms with Gasteiger partial charge in [-0.3, -0.25) is 0 Å². The Morgan fingerprint density at radius 2 is 2.11 bits per heavy atom. The molecule has 1 aliphatic carbocycles. The van der Waals surface area contributed by atoms with Crippen LogP contribution < -0.4 is 5.73 Å². The van der Waals surface area contributed by atoms with E-state index in [1.165, 1.54) is 24.2 Å². The zero-order valence-corrected chi connectivity index (χ0v) is 12.3. The maximum absolute atomic E-state index is 5.87. The Hall–Kier alpha value is -1.47. The molecule has 0 atom stereocenters. The van der Waals surface area contributed by atoms with Gasteiger partial charge in [-0.15, -0.1) is 10.2 Å². The third-order valence-corrected chi connectivity index (χ3v) is 4.53. The van der Waals surface area contributed by atoms with Crippen molar-refractivity contribution in [3.63, 3.8) is 0 Å². The summed E-state index contributed by atoms with van der Waals surface area (Å²) in [5.41, 5.74) is 7.59. The van der Waals surface area contributed by atoms with E-state index in [2.05, 4.69) is 31.2 Å². The summed E-state index contributed by atoms with van der Waals surface area (Å²) in [6.07, 6.45) is 2.38. The van der Waals surface area contributed by atoms with Crippen LogP contribution in [0.1, 0.15) is 24.6 Å². The molecule has 2 N–H and O–H groups in total. The minimum Gasteiger partial charge on any atom is -0.399 e. The highest BCUT2D eigenvalue weighted by Gasteiger charge is 2.30. The van der Waals surface area contributed by atoms with Crippen LogP contribution >= 0.6 is 27.3 Å². The zero-order chi connectivity index (χ0) is 13.0. The van der Waals surface area contributed by atoms with Crippen LogP contribution in [0.25, 0.3) is 15.5 Å². The summed E-state index contributed by atoms with van der Waals surface area (Å²) in [5.74, 6) is 1.53. The summed E-state index contributed by atoms with van der Waals surface area (Å²) in [4.78, 5) is 0.843. The van der Waals surface area contributed by atoms with Crippen molar-refractivity contribution in [2.75, 3.05) is 5.73 Å². The normalized spacial score (nSPS) is 15.2. The number of nitrogen functional groups attached to an aromatic ring is 1. The number of rotatable bonds is 2. The molecule has 0 radical (unpaired) electrons. The smallest absolute Gasteiger partial charge is 0.234 e. The lowest BCUT2D eigenvalue weighted by molar-refractivity contribution is 0.828. The van der Waals surface area contributed by atoms with Crippen LogP contribution in [0.4, 0.5) is 5.69 Å². The fourth-order valence-electron chi connectivity index (χ4n) is 2.08. The van der Waals surface area contributed by atoms with E-state index in [0.717, 1.165) is 31.5 Å². The second-order valence-corrected chi connectivity index (χ2v) is 6.58. The van der Waals surface area contributed by atoms with Crippen molar-refractivity contribution in [2.24, 2.45) is 0 Å². The SMILES string of the molecule is Nc1cc(Br)cc(-c2nn3c(C4CC4)nnc3s2)c1. The van der Waals surface area contributed by atoms with Gasteiger partial charge in [-0.05, 0) is 31.0 Å².